The number of nitrogens with zero attached hydrogens (tertiary/aromatic N) is 1. The Labute approximate surface area is 97.2 Å². The van der Waals surface area contributed by atoms with Gasteiger partial charge in [0.1, 0.15) is 0 Å². The monoisotopic (exact) mass is 237 g/mol. The van der Waals surface area contributed by atoms with Gasteiger partial charge in [-0.05, 0) is 18.4 Å². The molecule has 5 nitrogen and oxygen atoms in total. The molecule has 2 N–H and O–H groups in total. The Bertz CT molecular complexity index is 392. The second-order valence-corrected chi connectivity index (χ2v) is 4.13. The molecule has 0 bridgehead atoms. The number of anilines is 1. The molecule has 0 atom stereocenters. The first-order valence-corrected chi connectivity index (χ1v) is 6.00. The minimum atomic E-state index is -0.408. The Morgan fingerprint density at radius 1 is 1.12 bits per heavy atom. The zero-order valence-corrected chi connectivity index (χ0v) is 9.45. The molecule has 0 aliphatic carbocycles. The number of imide groups is 1. The molecule has 0 spiro atoms. The van der Waals surface area contributed by atoms with Gasteiger partial charge in [-0.15, -0.1) is 11.8 Å². The molecule has 1 heterocycles. The number of benzene rings is 1. The van der Waals surface area contributed by atoms with Crippen LogP contribution in [0.1, 0.15) is 0 Å². The minimum absolute atomic E-state index is 0.361. The summed E-state index contributed by atoms with van der Waals surface area (Å²) in [5.74, 6) is 0. The highest BCUT2D eigenvalue weighted by Crippen LogP contribution is 2.17. The largest absolute Gasteiger partial charge is 0.332 e. The highest BCUT2D eigenvalue weighted by atomic mass is 32.2. The number of hydrogen-bond donors (Lipinski definition) is 2. The van der Waals surface area contributed by atoms with Crippen LogP contribution in [-0.4, -0.2) is 23.8 Å². The molecule has 1 aliphatic rings. The number of urea groups is 2. The van der Waals surface area contributed by atoms with Crippen LogP contribution in [0.25, 0.3) is 0 Å². The molecule has 0 aromatic heterocycles. The van der Waals surface area contributed by atoms with Crippen molar-refractivity contribution in [3.8, 4) is 0 Å². The van der Waals surface area contributed by atoms with E-state index in [-0.39, 0.29) is 5.50 Å². The summed E-state index contributed by atoms with van der Waals surface area (Å²) in [7, 11) is 0. The van der Waals surface area contributed by atoms with E-state index < -0.39 is 12.1 Å². The van der Waals surface area contributed by atoms with Gasteiger partial charge in [0.05, 0.1) is 5.69 Å². The third-order valence-electron chi connectivity index (χ3n) is 2.17. The predicted molar refractivity (Wildman–Crippen MR) is 63.3 cm³/mol. The molecule has 16 heavy (non-hydrogen) atoms. The van der Waals surface area contributed by atoms with E-state index in [1.54, 1.807) is 24.3 Å². The number of thioether (sulfide) groups is 1. The molecule has 1 saturated heterocycles. The lowest BCUT2D eigenvalue weighted by molar-refractivity contribution is 0.224. The topological polar surface area (TPSA) is 61.4 Å². The predicted octanol–water partition coefficient (Wildman–Crippen LogP) is 1.57. The van der Waals surface area contributed by atoms with Gasteiger partial charge in [-0.3, -0.25) is 0 Å². The number of para-hydroxylation sites is 1. The number of rotatable bonds is 2. The Kier molecular flexibility index (Phi) is 3.00. The second kappa shape index (κ2) is 4.44. The Morgan fingerprint density at radius 2 is 1.69 bits per heavy atom. The summed E-state index contributed by atoms with van der Waals surface area (Å²) in [5, 5.41) is 5.33. The molecule has 4 amide bonds. The van der Waals surface area contributed by atoms with E-state index in [1.807, 2.05) is 12.3 Å². The molecule has 2 rings (SSSR count). The van der Waals surface area contributed by atoms with Gasteiger partial charge in [-0.1, -0.05) is 18.2 Å². The van der Waals surface area contributed by atoms with Crippen molar-refractivity contribution in [1.29, 1.82) is 0 Å². The Morgan fingerprint density at radius 3 is 2.19 bits per heavy atom. The lowest BCUT2D eigenvalue weighted by atomic mass is 10.3. The summed E-state index contributed by atoms with van der Waals surface area (Å²) in [6, 6.07) is 7.97. The maximum absolute atomic E-state index is 11.7. The van der Waals surface area contributed by atoms with Crippen molar-refractivity contribution in [1.82, 2.24) is 10.6 Å². The number of carbonyl (C=O) groups is 2. The van der Waals surface area contributed by atoms with Crippen molar-refractivity contribution in [2.75, 3.05) is 11.2 Å². The minimum Gasteiger partial charge on any atom is -0.308 e. The summed E-state index contributed by atoms with van der Waals surface area (Å²) < 4.78 is 0. The van der Waals surface area contributed by atoms with Crippen molar-refractivity contribution in [2.45, 2.75) is 5.50 Å². The van der Waals surface area contributed by atoms with Crippen molar-refractivity contribution >= 4 is 29.5 Å². The van der Waals surface area contributed by atoms with Gasteiger partial charge in [0.25, 0.3) is 0 Å². The molecule has 1 fully saturated rings. The quantitative estimate of drug-likeness (QED) is 0.820. The molecular formula is C10H11N3O2S. The SMILES string of the molecule is CSC1NC(=O)N(c2ccccc2)C(=O)N1. The normalized spacial score (nSPS) is 16.9. The number of amides is 4. The van der Waals surface area contributed by atoms with Crippen LogP contribution in [0.15, 0.2) is 30.3 Å². The number of hydrogen-bond acceptors (Lipinski definition) is 3. The van der Waals surface area contributed by atoms with E-state index in [9.17, 15) is 9.59 Å². The summed E-state index contributed by atoms with van der Waals surface area (Å²) in [6.45, 7) is 0. The average Bonchev–Trinajstić information content (AvgIpc) is 2.29. The van der Waals surface area contributed by atoms with Crippen LogP contribution < -0.4 is 15.5 Å². The third kappa shape index (κ3) is 1.96. The Hall–Kier alpha value is -1.69. The van der Waals surface area contributed by atoms with Crippen LogP contribution in [0, 0.1) is 0 Å². The zero-order valence-electron chi connectivity index (χ0n) is 8.64. The van der Waals surface area contributed by atoms with E-state index in [2.05, 4.69) is 10.6 Å². The molecule has 1 aliphatic heterocycles. The van der Waals surface area contributed by atoms with Gasteiger partial charge in [0.15, 0.2) is 5.50 Å². The molecule has 0 unspecified atom stereocenters. The molecule has 84 valence electrons. The highest BCUT2D eigenvalue weighted by molar-refractivity contribution is 7.99. The summed E-state index contributed by atoms with van der Waals surface area (Å²) in [4.78, 5) is 24.5. The fraction of sp³-hybridized carbons (Fsp3) is 0.200. The fourth-order valence-corrected chi connectivity index (χ4v) is 1.85. The molecule has 0 saturated carbocycles. The average molecular weight is 237 g/mol. The first-order chi connectivity index (χ1) is 7.72. The molecule has 1 aromatic carbocycles. The van der Waals surface area contributed by atoms with E-state index in [4.69, 9.17) is 0 Å². The van der Waals surface area contributed by atoms with Gasteiger partial charge < -0.3 is 10.6 Å². The lowest BCUT2D eigenvalue weighted by Crippen LogP contribution is -2.62. The molecular weight excluding hydrogens is 226 g/mol. The smallest absolute Gasteiger partial charge is 0.308 e. The summed E-state index contributed by atoms with van der Waals surface area (Å²) in [5.41, 5.74) is 0.192. The number of nitrogens with one attached hydrogen (secondary N) is 2. The van der Waals surface area contributed by atoms with E-state index in [0.717, 1.165) is 4.90 Å². The molecule has 1 aromatic rings. The zero-order chi connectivity index (χ0) is 11.5. The van der Waals surface area contributed by atoms with Gasteiger partial charge in [0.2, 0.25) is 0 Å². The van der Waals surface area contributed by atoms with E-state index >= 15 is 0 Å². The highest BCUT2D eigenvalue weighted by Gasteiger charge is 2.31. The van der Waals surface area contributed by atoms with Crippen molar-refractivity contribution in [3.63, 3.8) is 0 Å². The summed E-state index contributed by atoms with van der Waals surface area (Å²) >= 11 is 1.36. The third-order valence-corrected chi connectivity index (χ3v) is 2.87. The first-order valence-electron chi connectivity index (χ1n) is 4.71. The van der Waals surface area contributed by atoms with E-state index in [0.29, 0.717) is 5.69 Å². The van der Waals surface area contributed by atoms with Gasteiger partial charge in [-0.2, -0.15) is 0 Å². The Balaban J connectivity index is 2.23. The van der Waals surface area contributed by atoms with Crippen molar-refractivity contribution < 1.29 is 9.59 Å². The van der Waals surface area contributed by atoms with Crippen LogP contribution in [0.3, 0.4) is 0 Å². The van der Waals surface area contributed by atoms with Gasteiger partial charge >= 0.3 is 12.1 Å². The van der Waals surface area contributed by atoms with E-state index in [1.165, 1.54) is 11.8 Å². The van der Waals surface area contributed by atoms with Crippen LogP contribution >= 0.6 is 11.8 Å². The van der Waals surface area contributed by atoms with Crippen LogP contribution in [0.5, 0.6) is 0 Å². The van der Waals surface area contributed by atoms with Crippen molar-refractivity contribution in [2.24, 2.45) is 0 Å². The second-order valence-electron chi connectivity index (χ2n) is 3.19. The lowest BCUT2D eigenvalue weighted by Gasteiger charge is -2.31. The fourth-order valence-electron chi connectivity index (χ4n) is 1.41. The van der Waals surface area contributed by atoms with Crippen molar-refractivity contribution in [3.05, 3.63) is 30.3 Å². The maximum atomic E-state index is 11.7. The van der Waals surface area contributed by atoms with Crippen LogP contribution in [0.2, 0.25) is 0 Å². The standard InChI is InChI=1S/C10H11N3O2S/c1-16-8-11-9(14)13(10(15)12-8)7-5-3-2-4-6-7/h2-6,8H,1H3,(H,11,14)(H,12,15). The number of carbonyl (C=O) groups excluding carboxylic acids is 2. The van der Waals surface area contributed by atoms with Crippen LogP contribution in [-0.2, 0) is 0 Å². The molecule has 0 radical (unpaired) electrons. The van der Waals surface area contributed by atoms with Gasteiger partial charge in [-0.25, -0.2) is 14.5 Å². The molecule has 6 heteroatoms. The van der Waals surface area contributed by atoms with Crippen LogP contribution in [0.4, 0.5) is 15.3 Å². The first kappa shape index (κ1) is 10.8. The van der Waals surface area contributed by atoms with Gasteiger partial charge in [0, 0.05) is 0 Å². The summed E-state index contributed by atoms with van der Waals surface area (Å²) in [6.07, 6.45) is 1.81. The maximum Gasteiger partial charge on any atom is 0.332 e.